The maximum Gasteiger partial charge on any atom is 0.417 e. The molecular weight excluding hydrogens is 287 g/mol. The number of fused-ring (bicyclic) bond motifs is 1. The van der Waals surface area contributed by atoms with Crippen LogP contribution in [0.4, 0.5) is 13.2 Å². The van der Waals surface area contributed by atoms with Gasteiger partial charge >= 0.3 is 6.18 Å². The highest BCUT2D eigenvalue weighted by atomic mass is 32.1. The molecule has 0 radical (unpaired) electrons. The lowest BCUT2D eigenvalue weighted by molar-refractivity contribution is -0.137. The van der Waals surface area contributed by atoms with Crippen LogP contribution in [0.2, 0.25) is 0 Å². The van der Waals surface area contributed by atoms with E-state index in [1.807, 2.05) is 17.5 Å². The molecule has 0 fully saturated rings. The lowest BCUT2D eigenvalue weighted by Crippen LogP contribution is -2.08. The number of halogens is 3. The fourth-order valence-electron chi connectivity index (χ4n) is 2.07. The Bertz CT molecular complexity index is 744. The number of nitrogens with zero attached hydrogens (tertiary/aromatic N) is 2. The number of alkyl halides is 3. The molecule has 0 spiro atoms. The summed E-state index contributed by atoms with van der Waals surface area (Å²) in [5.41, 5.74) is 6.65. The molecule has 0 aromatic carbocycles. The molecule has 3 heterocycles. The highest BCUT2D eigenvalue weighted by molar-refractivity contribution is 7.13. The molecule has 0 aliphatic heterocycles. The normalized spacial score (nSPS) is 12.2. The van der Waals surface area contributed by atoms with Crippen LogP contribution in [0.5, 0.6) is 0 Å². The fourth-order valence-corrected chi connectivity index (χ4v) is 2.80. The van der Waals surface area contributed by atoms with E-state index in [0.717, 1.165) is 17.1 Å². The van der Waals surface area contributed by atoms with Crippen LogP contribution in [0, 0.1) is 0 Å². The summed E-state index contributed by atoms with van der Waals surface area (Å²) in [5, 5.41) is 1.89. The highest BCUT2D eigenvalue weighted by Gasteiger charge is 2.31. The monoisotopic (exact) mass is 297 g/mol. The van der Waals surface area contributed by atoms with Crippen molar-refractivity contribution in [1.29, 1.82) is 0 Å². The summed E-state index contributed by atoms with van der Waals surface area (Å²) in [4.78, 5) is 5.27. The Morgan fingerprint density at radius 2 is 2.05 bits per heavy atom. The molecule has 0 amide bonds. The van der Waals surface area contributed by atoms with Gasteiger partial charge in [0.15, 0.2) is 0 Å². The van der Waals surface area contributed by atoms with Gasteiger partial charge in [0.2, 0.25) is 0 Å². The van der Waals surface area contributed by atoms with Crippen LogP contribution in [-0.2, 0) is 12.7 Å². The number of thiophene rings is 1. The van der Waals surface area contributed by atoms with E-state index < -0.39 is 11.7 Å². The van der Waals surface area contributed by atoms with Crippen molar-refractivity contribution in [1.82, 2.24) is 9.38 Å². The van der Waals surface area contributed by atoms with Crippen molar-refractivity contribution in [2.45, 2.75) is 12.7 Å². The Labute approximate surface area is 116 Å². The van der Waals surface area contributed by atoms with Crippen molar-refractivity contribution >= 4 is 17.0 Å². The Hall–Kier alpha value is -1.86. The van der Waals surface area contributed by atoms with Crippen LogP contribution < -0.4 is 5.73 Å². The third-order valence-corrected chi connectivity index (χ3v) is 3.87. The van der Waals surface area contributed by atoms with E-state index in [-0.39, 0.29) is 6.54 Å². The van der Waals surface area contributed by atoms with Gasteiger partial charge in [0.1, 0.15) is 11.3 Å². The van der Waals surface area contributed by atoms with Gasteiger partial charge in [0, 0.05) is 12.7 Å². The average Bonchev–Trinajstić information content (AvgIpc) is 3.03. The van der Waals surface area contributed by atoms with Crippen molar-refractivity contribution < 1.29 is 13.2 Å². The zero-order chi connectivity index (χ0) is 14.3. The number of hydrogen-bond acceptors (Lipinski definition) is 3. The number of pyridine rings is 1. The van der Waals surface area contributed by atoms with Gasteiger partial charge in [-0.15, -0.1) is 11.3 Å². The summed E-state index contributed by atoms with van der Waals surface area (Å²) < 4.78 is 39.7. The molecule has 7 heteroatoms. The molecule has 3 aromatic heterocycles. The average molecular weight is 297 g/mol. The predicted octanol–water partition coefficient (Wildman–Crippen LogP) is 3.54. The molecule has 2 N–H and O–H groups in total. The van der Waals surface area contributed by atoms with Crippen LogP contribution >= 0.6 is 11.3 Å². The zero-order valence-corrected chi connectivity index (χ0v) is 11.0. The van der Waals surface area contributed by atoms with E-state index in [2.05, 4.69) is 4.98 Å². The molecule has 0 bridgehead atoms. The third-order valence-electron chi connectivity index (χ3n) is 2.99. The minimum atomic E-state index is -4.38. The number of rotatable bonds is 2. The summed E-state index contributed by atoms with van der Waals surface area (Å²) in [6.07, 6.45) is -3.34. The number of aromatic nitrogens is 2. The van der Waals surface area contributed by atoms with Crippen molar-refractivity contribution in [2.24, 2.45) is 5.73 Å². The van der Waals surface area contributed by atoms with Crippen molar-refractivity contribution in [2.75, 3.05) is 0 Å². The number of hydrogen-bond donors (Lipinski definition) is 1. The molecule has 3 nitrogen and oxygen atoms in total. The standard InChI is InChI=1S/C13H10F3N3S/c14-13(15,16)8-3-4-11-18-12(10-2-1-5-20-10)9(6-17)19(11)7-8/h1-5,7H,6,17H2. The van der Waals surface area contributed by atoms with Gasteiger partial charge < -0.3 is 10.1 Å². The van der Waals surface area contributed by atoms with Crippen LogP contribution in [0.25, 0.3) is 16.2 Å². The predicted molar refractivity (Wildman–Crippen MR) is 71.4 cm³/mol. The third kappa shape index (κ3) is 2.08. The Morgan fingerprint density at radius 3 is 2.65 bits per heavy atom. The minimum absolute atomic E-state index is 0.121. The summed E-state index contributed by atoms with van der Waals surface area (Å²) in [6, 6.07) is 6.13. The zero-order valence-electron chi connectivity index (χ0n) is 10.2. The van der Waals surface area contributed by atoms with Gasteiger partial charge in [0.05, 0.1) is 16.1 Å². The van der Waals surface area contributed by atoms with E-state index in [1.54, 1.807) is 0 Å². The van der Waals surface area contributed by atoms with Gasteiger partial charge in [0.25, 0.3) is 0 Å². The molecule has 0 atom stereocenters. The first-order valence-corrected chi connectivity index (χ1v) is 6.71. The Kier molecular flexibility index (Phi) is 3.02. The van der Waals surface area contributed by atoms with Crippen molar-refractivity contribution in [3.8, 4) is 10.6 Å². The fraction of sp³-hybridized carbons (Fsp3) is 0.154. The van der Waals surface area contributed by atoms with E-state index in [9.17, 15) is 13.2 Å². The smallest absolute Gasteiger partial charge is 0.325 e. The van der Waals surface area contributed by atoms with Crippen LogP contribution in [-0.4, -0.2) is 9.38 Å². The Balaban J connectivity index is 2.25. The lowest BCUT2D eigenvalue weighted by atomic mass is 10.2. The first kappa shape index (κ1) is 13.1. The largest absolute Gasteiger partial charge is 0.417 e. The summed E-state index contributed by atoms with van der Waals surface area (Å²) in [5.74, 6) is 0. The lowest BCUT2D eigenvalue weighted by Gasteiger charge is -2.07. The van der Waals surface area contributed by atoms with E-state index in [0.29, 0.717) is 17.0 Å². The molecule has 0 aliphatic carbocycles. The maximum absolute atomic E-state index is 12.8. The van der Waals surface area contributed by atoms with Gasteiger partial charge in [-0.25, -0.2) is 4.98 Å². The molecule has 0 saturated carbocycles. The molecule has 104 valence electrons. The second-order valence-electron chi connectivity index (χ2n) is 4.23. The second-order valence-corrected chi connectivity index (χ2v) is 5.18. The van der Waals surface area contributed by atoms with Crippen molar-refractivity contribution in [3.05, 3.63) is 47.1 Å². The molecule has 3 aromatic rings. The number of imidazole rings is 1. The SMILES string of the molecule is NCc1c(-c2cccs2)nc2ccc(C(F)(F)F)cn12. The topological polar surface area (TPSA) is 43.3 Å². The minimum Gasteiger partial charge on any atom is -0.325 e. The van der Waals surface area contributed by atoms with Crippen molar-refractivity contribution in [3.63, 3.8) is 0 Å². The molecule has 0 aliphatic rings. The second kappa shape index (κ2) is 4.60. The molecular formula is C13H10F3N3S. The van der Waals surface area contributed by atoms with Gasteiger partial charge in [-0.2, -0.15) is 13.2 Å². The van der Waals surface area contributed by atoms with Gasteiger partial charge in [-0.3, -0.25) is 0 Å². The molecule has 0 saturated heterocycles. The molecule has 3 rings (SSSR count). The Morgan fingerprint density at radius 1 is 1.25 bits per heavy atom. The van der Waals surface area contributed by atoms with E-state index >= 15 is 0 Å². The quantitative estimate of drug-likeness (QED) is 0.786. The molecule has 20 heavy (non-hydrogen) atoms. The summed E-state index contributed by atoms with van der Waals surface area (Å²) in [6.45, 7) is 0.121. The number of nitrogens with two attached hydrogens (primary N) is 1. The van der Waals surface area contributed by atoms with E-state index in [1.165, 1.54) is 21.8 Å². The van der Waals surface area contributed by atoms with E-state index in [4.69, 9.17) is 5.73 Å². The van der Waals surface area contributed by atoms with Crippen LogP contribution in [0.1, 0.15) is 11.3 Å². The maximum atomic E-state index is 12.8. The highest BCUT2D eigenvalue weighted by Crippen LogP contribution is 2.32. The van der Waals surface area contributed by atoms with Gasteiger partial charge in [-0.05, 0) is 23.6 Å². The molecule has 0 unspecified atom stereocenters. The van der Waals surface area contributed by atoms with Gasteiger partial charge in [-0.1, -0.05) is 6.07 Å². The summed E-state index contributed by atoms with van der Waals surface area (Å²) in [7, 11) is 0. The first-order valence-electron chi connectivity index (χ1n) is 5.83. The van der Waals surface area contributed by atoms with Crippen LogP contribution in [0.15, 0.2) is 35.8 Å². The summed E-state index contributed by atoms with van der Waals surface area (Å²) >= 11 is 1.48. The first-order chi connectivity index (χ1) is 9.50. The van der Waals surface area contributed by atoms with Crippen LogP contribution in [0.3, 0.4) is 0 Å².